The maximum Gasteiger partial charge on any atom is 0.0645 e. The summed E-state index contributed by atoms with van der Waals surface area (Å²) < 4.78 is 5.42. The van der Waals surface area contributed by atoms with Gasteiger partial charge in [0.15, 0.2) is 0 Å². The highest BCUT2D eigenvalue weighted by atomic mass is 16.5. The van der Waals surface area contributed by atoms with E-state index < -0.39 is 0 Å². The third-order valence-corrected chi connectivity index (χ3v) is 9.82. The van der Waals surface area contributed by atoms with E-state index in [1.54, 1.807) is 0 Å². The maximum absolute atomic E-state index is 5.42. The largest absolute Gasteiger partial charge is 0.378 e. The summed E-state index contributed by atoms with van der Waals surface area (Å²) in [4.78, 5) is 10.8. The van der Waals surface area contributed by atoms with Crippen LogP contribution in [0.2, 0.25) is 0 Å². The number of hydrogen-bond acceptors (Lipinski definition) is 5. The van der Waals surface area contributed by atoms with Crippen molar-refractivity contribution in [3.8, 4) is 0 Å². The van der Waals surface area contributed by atoms with Crippen molar-refractivity contribution in [3.63, 3.8) is 0 Å². The van der Waals surface area contributed by atoms with Crippen molar-refractivity contribution in [1.29, 1.82) is 0 Å². The normalized spacial score (nSPS) is 31.1. The molecule has 172 valence electrons. The van der Waals surface area contributed by atoms with Gasteiger partial charge in [0.1, 0.15) is 0 Å². The van der Waals surface area contributed by atoms with Gasteiger partial charge in [0.05, 0.1) is 19.3 Å². The molecular weight excluding hydrogens is 372 g/mol. The standard InChI is InChI=1S/C25H46N4O/c1-22(2,28-17-24(18-28)8-11-26(5)12-9-24)6-7-23(3,4)29-19-25(20-29)10-13-27(16-25)21-14-30-15-21/h21H,6-20H2,1-5H3. The molecule has 5 fully saturated rings. The summed E-state index contributed by atoms with van der Waals surface area (Å²) in [5.74, 6) is 0. The molecule has 0 N–H and O–H groups in total. The Morgan fingerprint density at radius 1 is 0.733 bits per heavy atom. The molecule has 5 heteroatoms. The molecule has 5 rings (SSSR count). The third-order valence-electron chi connectivity index (χ3n) is 9.82. The molecule has 2 spiro atoms. The number of nitrogens with zero attached hydrogens (tertiary/aromatic N) is 4. The van der Waals surface area contributed by atoms with Crippen molar-refractivity contribution in [2.75, 3.05) is 72.6 Å². The van der Waals surface area contributed by atoms with Gasteiger partial charge in [-0.25, -0.2) is 0 Å². The van der Waals surface area contributed by atoms with Crippen LogP contribution in [-0.4, -0.2) is 109 Å². The number of ether oxygens (including phenoxy) is 1. The Balaban J connectivity index is 1.08. The lowest BCUT2D eigenvalue weighted by Crippen LogP contribution is -2.67. The van der Waals surface area contributed by atoms with Crippen molar-refractivity contribution >= 4 is 0 Å². The molecule has 0 aliphatic carbocycles. The molecule has 0 amide bonds. The number of likely N-dealkylation sites (tertiary alicyclic amines) is 4. The van der Waals surface area contributed by atoms with E-state index in [0.29, 0.717) is 21.9 Å². The van der Waals surface area contributed by atoms with Crippen LogP contribution >= 0.6 is 0 Å². The molecule has 5 aliphatic rings. The average molecular weight is 419 g/mol. The second-order valence-corrected chi connectivity index (χ2v) is 13.1. The fourth-order valence-corrected chi connectivity index (χ4v) is 6.69. The lowest BCUT2D eigenvalue weighted by Gasteiger charge is -2.60. The molecule has 0 aromatic heterocycles. The Morgan fingerprint density at radius 3 is 1.73 bits per heavy atom. The van der Waals surface area contributed by atoms with Crippen LogP contribution in [-0.2, 0) is 4.74 Å². The van der Waals surface area contributed by atoms with Crippen LogP contribution in [0.3, 0.4) is 0 Å². The second-order valence-electron chi connectivity index (χ2n) is 13.1. The molecule has 5 heterocycles. The number of piperidine rings is 1. The Kier molecular flexibility index (Phi) is 5.35. The van der Waals surface area contributed by atoms with Crippen LogP contribution in [0.1, 0.15) is 59.8 Å². The van der Waals surface area contributed by atoms with Gasteiger partial charge in [-0.2, -0.15) is 0 Å². The Hall–Kier alpha value is -0.200. The lowest BCUT2D eigenvalue weighted by molar-refractivity contribution is -0.107. The van der Waals surface area contributed by atoms with Crippen LogP contribution in [0.5, 0.6) is 0 Å². The molecule has 5 nitrogen and oxygen atoms in total. The Bertz CT molecular complexity index is 621. The predicted octanol–water partition coefficient (Wildman–Crippen LogP) is 2.76. The first-order chi connectivity index (χ1) is 14.1. The first-order valence-corrected chi connectivity index (χ1v) is 12.6. The molecule has 0 atom stereocenters. The molecule has 5 aliphatic heterocycles. The molecule has 0 aromatic carbocycles. The maximum atomic E-state index is 5.42. The van der Waals surface area contributed by atoms with Crippen molar-refractivity contribution in [3.05, 3.63) is 0 Å². The smallest absolute Gasteiger partial charge is 0.0645 e. The van der Waals surface area contributed by atoms with Gasteiger partial charge in [-0.3, -0.25) is 14.7 Å². The molecule has 0 bridgehead atoms. The first kappa shape index (κ1) is 21.6. The van der Waals surface area contributed by atoms with E-state index in [4.69, 9.17) is 4.74 Å². The van der Waals surface area contributed by atoms with Crippen LogP contribution in [0, 0.1) is 10.8 Å². The van der Waals surface area contributed by atoms with E-state index >= 15 is 0 Å². The van der Waals surface area contributed by atoms with Crippen molar-refractivity contribution in [2.45, 2.75) is 76.9 Å². The molecule has 30 heavy (non-hydrogen) atoms. The lowest BCUT2D eigenvalue weighted by atomic mass is 9.69. The first-order valence-electron chi connectivity index (χ1n) is 12.6. The zero-order chi connectivity index (χ0) is 21.2. The fourth-order valence-electron chi connectivity index (χ4n) is 6.69. The fraction of sp³-hybridized carbons (Fsp3) is 1.00. The van der Waals surface area contributed by atoms with E-state index in [9.17, 15) is 0 Å². The van der Waals surface area contributed by atoms with E-state index in [1.165, 1.54) is 84.5 Å². The summed E-state index contributed by atoms with van der Waals surface area (Å²) in [5.41, 5.74) is 1.89. The third kappa shape index (κ3) is 3.87. The summed E-state index contributed by atoms with van der Waals surface area (Å²) in [6.45, 7) is 22.4. The van der Waals surface area contributed by atoms with E-state index in [1.807, 2.05) is 0 Å². The number of hydrogen-bond donors (Lipinski definition) is 0. The highest BCUT2D eigenvalue weighted by Gasteiger charge is 2.53. The molecule has 0 radical (unpaired) electrons. The van der Waals surface area contributed by atoms with Crippen molar-refractivity contribution in [1.82, 2.24) is 19.6 Å². The highest BCUT2D eigenvalue weighted by Crippen LogP contribution is 2.47. The molecule has 0 saturated carbocycles. The minimum Gasteiger partial charge on any atom is -0.378 e. The minimum absolute atomic E-state index is 0.325. The minimum atomic E-state index is 0.325. The highest BCUT2D eigenvalue weighted by molar-refractivity contribution is 5.08. The molecule has 5 saturated heterocycles. The van der Waals surface area contributed by atoms with Crippen LogP contribution in [0.15, 0.2) is 0 Å². The van der Waals surface area contributed by atoms with Gasteiger partial charge in [-0.15, -0.1) is 0 Å². The summed E-state index contributed by atoms with van der Waals surface area (Å²) in [6.07, 6.45) is 6.82. The quantitative estimate of drug-likeness (QED) is 0.660. The van der Waals surface area contributed by atoms with E-state index in [2.05, 4.69) is 54.3 Å². The van der Waals surface area contributed by atoms with Crippen LogP contribution < -0.4 is 0 Å². The number of rotatable bonds is 6. The van der Waals surface area contributed by atoms with Crippen molar-refractivity contribution in [2.24, 2.45) is 10.8 Å². The van der Waals surface area contributed by atoms with Gasteiger partial charge < -0.3 is 9.64 Å². The Morgan fingerprint density at radius 2 is 1.23 bits per heavy atom. The summed E-state index contributed by atoms with van der Waals surface area (Å²) >= 11 is 0. The van der Waals surface area contributed by atoms with E-state index in [-0.39, 0.29) is 0 Å². The second kappa shape index (κ2) is 7.41. The van der Waals surface area contributed by atoms with Crippen molar-refractivity contribution < 1.29 is 4.74 Å². The summed E-state index contributed by atoms with van der Waals surface area (Å²) in [6, 6.07) is 0.719. The molecule has 0 aromatic rings. The van der Waals surface area contributed by atoms with Gasteiger partial charge in [0.25, 0.3) is 0 Å². The van der Waals surface area contributed by atoms with Gasteiger partial charge in [0.2, 0.25) is 0 Å². The van der Waals surface area contributed by atoms with Gasteiger partial charge in [-0.1, -0.05) is 0 Å². The van der Waals surface area contributed by atoms with E-state index in [0.717, 1.165) is 19.3 Å². The molecular formula is C25H46N4O. The predicted molar refractivity (Wildman–Crippen MR) is 123 cm³/mol. The summed E-state index contributed by atoms with van der Waals surface area (Å²) in [5, 5.41) is 0. The van der Waals surface area contributed by atoms with Crippen LogP contribution in [0.4, 0.5) is 0 Å². The zero-order valence-corrected chi connectivity index (χ0v) is 20.4. The summed E-state index contributed by atoms with van der Waals surface area (Å²) in [7, 11) is 2.28. The van der Waals surface area contributed by atoms with Gasteiger partial charge >= 0.3 is 0 Å². The van der Waals surface area contributed by atoms with Crippen LogP contribution in [0.25, 0.3) is 0 Å². The average Bonchev–Trinajstić information content (AvgIpc) is 3.01. The Labute approximate surface area is 185 Å². The SMILES string of the molecule is CN1CCC2(CC1)CN(C(C)(C)CCC(C)(C)N1CC3(CCN(C4COC4)C3)C1)C2. The molecule has 0 unspecified atom stereocenters. The monoisotopic (exact) mass is 418 g/mol. The van der Waals surface area contributed by atoms with Gasteiger partial charge in [-0.05, 0) is 91.9 Å². The zero-order valence-electron chi connectivity index (χ0n) is 20.4. The topological polar surface area (TPSA) is 22.2 Å². The van der Waals surface area contributed by atoms with Gasteiger partial charge in [0, 0.05) is 49.2 Å².